The second kappa shape index (κ2) is 448. The first-order valence-electron chi connectivity index (χ1n) is 0.632. The average Bonchev–Trinajstić information content (AvgIpc) is 0.918. The van der Waals surface area contributed by atoms with Crippen LogP contribution in [0, 0.1) is 0 Å². The zero-order valence-electron chi connectivity index (χ0n) is 1.60. The molecule has 0 rings (SSSR count). The van der Waals surface area contributed by atoms with Crippen molar-refractivity contribution >= 4 is 0 Å². The first-order valence-corrected chi connectivity index (χ1v) is 0.632. The summed E-state index contributed by atoms with van der Waals surface area (Å²) in [6.45, 7) is -0.750. The van der Waals surface area contributed by atoms with Crippen LogP contribution in [0.3, 0.4) is 0 Å². The minimum atomic E-state index is -0.750. The Bertz CT molecular complexity index is 6.88. The van der Waals surface area contributed by atoms with Crippen LogP contribution < -0.4 is 0 Å². The van der Waals surface area contributed by atoms with E-state index in [1.54, 1.807) is 0 Å². The van der Waals surface area contributed by atoms with Gasteiger partial charge in [-0.1, -0.05) is 44.6 Å². The molecule has 9 heavy (non-hydrogen) atoms. The third-order valence-corrected chi connectivity index (χ3v) is 0. The van der Waals surface area contributed by atoms with Crippen LogP contribution in [0.4, 0.5) is 0 Å². The summed E-state index contributed by atoms with van der Waals surface area (Å²) in [4.78, 5) is 0. The van der Waals surface area contributed by atoms with Crippen LogP contribution in [0.5, 0.6) is 0 Å². The molecule has 0 heterocycles. The highest BCUT2D eigenvalue weighted by molar-refractivity contribution is 3.50. The lowest BCUT2D eigenvalue weighted by Crippen LogP contribution is -1.66. The van der Waals surface area contributed by atoms with Crippen LogP contribution >= 0.6 is 0 Å². The van der Waals surface area contributed by atoms with Gasteiger partial charge in [0.1, 0.15) is 6.79 Å². The Balaban J connectivity index is -0.00000000133. The Morgan fingerprint density at radius 3 is 0.556 bits per heavy atom. The quantitative estimate of drug-likeness (QED) is 0.513. The minimum Gasteiger partial charge on any atom is -0.371 e. The van der Waals surface area contributed by atoms with E-state index >= 15 is 0 Å². The number of hydrogen-bond acceptors (Lipinski definition) is 2. The van der Waals surface area contributed by atoms with Crippen molar-refractivity contribution in [3.63, 3.8) is 0 Å². The van der Waals surface area contributed by atoms with Crippen molar-refractivity contribution in [2.45, 2.75) is 44.6 Å². The lowest BCUT2D eigenvalue weighted by Gasteiger charge is -1.55. The molecule has 0 aliphatic carbocycles. The third-order valence-electron chi connectivity index (χ3n) is 0. The highest BCUT2D eigenvalue weighted by atomic mass is 16.5. The van der Waals surface area contributed by atoms with Crippen LogP contribution in [-0.2, 0) is 0 Å². The molecule has 0 aromatic rings. The average molecular weight is 144 g/mol. The second-order valence-corrected chi connectivity index (χ2v) is 0.141. The molecule has 0 saturated carbocycles. The molecule has 0 aliphatic rings. The van der Waals surface area contributed by atoms with E-state index in [2.05, 4.69) is 0 Å². The van der Waals surface area contributed by atoms with Crippen molar-refractivity contribution in [3.05, 3.63) is 0 Å². The van der Waals surface area contributed by atoms with E-state index in [0.717, 1.165) is 0 Å². The maximum Gasteiger partial charge on any atom is 0.140 e. The summed E-state index contributed by atoms with van der Waals surface area (Å²) in [7, 11) is 0. The molecule has 2 heteroatoms. The summed E-state index contributed by atoms with van der Waals surface area (Å²) < 4.78 is 0. The summed E-state index contributed by atoms with van der Waals surface area (Å²) in [5.74, 6) is 0. The molecule has 0 bridgehead atoms. The van der Waals surface area contributed by atoms with Crippen molar-refractivity contribution in [3.8, 4) is 0 Å². The zero-order valence-corrected chi connectivity index (χ0v) is 1.60. The van der Waals surface area contributed by atoms with E-state index in [-0.39, 0.29) is 44.6 Å². The van der Waals surface area contributed by atoms with Crippen LogP contribution in [0.15, 0.2) is 0 Å². The monoisotopic (exact) mass is 144 g/mol. The first-order chi connectivity index (χ1) is 1.41. The number of aliphatic hydroxyl groups is 2. The van der Waals surface area contributed by atoms with Crippen molar-refractivity contribution in [2.24, 2.45) is 0 Å². The smallest absolute Gasteiger partial charge is 0.140 e. The Kier molecular flexibility index (Phi) is 7560. The van der Waals surface area contributed by atoms with Gasteiger partial charge in [-0.3, -0.25) is 0 Å². The zero-order chi connectivity index (χ0) is 2.71. The highest BCUT2D eigenvalue weighted by Gasteiger charge is 1.32. The molecule has 0 amide bonds. The van der Waals surface area contributed by atoms with E-state index in [1.807, 2.05) is 0 Å². The molecule has 0 aromatic carbocycles. The van der Waals surface area contributed by atoms with Gasteiger partial charge < -0.3 is 10.2 Å². The molecular weight excluding hydrogens is 116 g/mol. The highest BCUT2D eigenvalue weighted by Crippen LogP contribution is 1.17. The molecular formula is C7H28O2. The molecule has 0 atom stereocenters. The third kappa shape index (κ3) is 43400. The normalized spacial score (nSPS) is 2.00. The summed E-state index contributed by atoms with van der Waals surface area (Å²) in [5, 5.41) is 14.2. The lowest BCUT2D eigenvalue weighted by atomic mass is 11.6. The fraction of sp³-hybridized carbons (Fsp3) is 1.00. The van der Waals surface area contributed by atoms with Gasteiger partial charge in [0.25, 0.3) is 0 Å². The molecule has 0 aromatic heterocycles. The molecule has 68 valence electrons. The fourth-order valence-corrected chi connectivity index (χ4v) is 0. The largest absolute Gasteiger partial charge is 0.371 e. The van der Waals surface area contributed by atoms with Gasteiger partial charge in [-0.25, -0.2) is 0 Å². The van der Waals surface area contributed by atoms with Gasteiger partial charge in [-0.2, -0.15) is 0 Å². The van der Waals surface area contributed by atoms with Gasteiger partial charge in [-0.05, 0) is 0 Å². The SMILES string of the molecule is C.C.C.C.C.C.OCO. The standard InChI is InChI=1S/CH4O2.6CH4/c2-1-3;;;;;;/h2-3H,1H2;6*1H4. The van der Waals surface area contributed by atoms with Gasteiger partial charge in [0.15, 0.2) is 0 Å². The van der Waals surface area contributed by atoms with E-state index in [1.165, 1.54) is 0 Å². The van der Waals surface area contributed by atoms with E-state index in [0.29, 0.717) is 0 Å². The maximum atomic E-state index is 7.12. The predicted molar refractivity (Wildman–Crippen MR) is 49.7 cm³/mol. The van der Waals surface area contributed by atoms with Crippen LogP contribution in [0.25, 0.3) is 0 Å². The summed E-state index contributed by atoms with van der Waals surface area (Å²) >= 11 is 0. The molecule has 0 aliphatic heterocycles. The van der Waals surface area contributed by atoms with E-state index in [4.69, 9.17) is 10.2 Å². The summed E-state index contributed by atoms with van der Waals surface area (Å²) in [6.07, 6.45) is 0. The Morgan fingerprint density at radius 2 is 0.556 bits per heavy atom. The summed E-state index contributed by atoms with van der Waals surface area (Å²) in [6, 6.07) is 0. The van der Waals surface area contributed by atoms with E-state index < -0.39 is 6.79 Å². The van der Waals surface area contributed by atoms with Crippen molar-refractivity contribution in [2.75, 3.05) is 6.79 Å². The second-order valence-electron chi connectivity index (χ2n) is 0.141. The fourth-order valence-electron chi connectivity index (χ4n) is 0. The first kappa shape index (κ1) is 152. The Labute approximate surface area is 62.6 Å². The van der Waals surface area contributed by atoms with Gasteiger partial charge in [0.2, 0.25) is 0 Å². The summed E-state index contributed by atoms with van der Waals surface area (Å²) in [5.41, 5.74) is 0. The Hall–Kier alpha value is -0.0800. The molecule has 0 saturated heterocycles. The van der Waals surface area contributed by atoms with Gasteiger partial charge in [-0.15, -0.1) is 0 Å². The van der Waals surface area contributed by atoms with Crippen molar-refractivity contribution in [1.29, 1.82) is 0 Å². The number of rotatable bonds is 0. The molecule has 0 unspecified atom stereocenters. The minimum absolute atomic E-state index is 0. The van der Waals surface area contributed by atoms with Crippen LogP contribution in [-0.4, -0.2) is 17.0 Å². The molecule has 2 N–H and O–H groups in total. The molecule has 0 fully saturated rings. The van der Waals surface area contributed by atoms with Crippen LogP contribution in [0.1, 0.15) is 44.6 Å². The van der Waals surface area contributed by atoms with Crippen molar-refractivity contribution < 1.29 is 10.2 Å². The van der Waals surface area contributed by atoms with Crippen LogP contribution in [0.2, 0.25) is 0 Å². The lowest BCUT2D eigenvalue weighted by molar-refractivity contribution is 0.0773. The van der Waals surface area contributed by atoms with E-state index in [9.17, 15) is 0 Å². The number of hydrogen-bond donors (Lipinski definition) is 2. The Morgan fingerprint density at radius 1 is 0.556 bits per heavy atom. The number of aliphatic hydroxyl groups excluding tert-OH is 1. The molecule has 2 nitrogen and oxygen atoms in total. The van der Waals surface area contributed by atoms with Gasteiger partial charge >= 0.3 is 0 Å². The molecule has 0 spiro atoms. The maximum absolute atomic E-state index is 7.12. The van der Waals surface area contributed by atoms with Crippen molar-refractivity contribution in [1.82, 2.24) is 0 Å². The predicted octanol–water partition coefficient (Wildman–Crippen LogP) is 2.75. The topological polar surface area (TPSA) is 40.5 Å². The van der Waals surface area contributed by atoms with Gasteiger partial charge in [0, 0.05) is 0 Å². The molecule has 0 radical (unpaired) electrons. The van der Waals surface area contributed by atoms with Gasteiger partial charge in [0.05, 0.1) is 0 Å².